The molecule has 5 rings (SSSR count). The van der Waals surface area contributed by atoms with Gasteiger partial charge in [0.1, 0.15) is 0 Å². The molecular formula is C28H28N2. The SMILES string of the molecule is C/C=C\C=C\Nc1c2ccccc2cc2cc3c(cc12)C1=C(C=C(N)CC1)C3(C)C. The quantitative estimate of drug-likeness (QED) is 0.366. The van der Waals surface area contributed by atoms with Gasteiger partial charge in [-0.2, -0.15) is 0 Å². The van der Waals surface area contributed by atoms with Gasteiger partial charge in [0, 0.05) is 28.1 Å². The van der Waals surface area contributed by atoms with E-state index in [2.05, 4.69) is 67.7 Å². The summed E-state index contributed by atoms with van der Waals surface area (Å²) in [5.41, 5.74) is 14.0. The summed E-state index contributed by atoms with van der Waals surface area (Å²) < 4.78 is 0. The molecule has 3 aromatic rings. The Morgan fingerprint density at radius 1 is 0.967 bits per heavy atom. The van der Waals surface area contributed by atoms with Crippen LogP contribution in [0.25, 0.3) is 27.1 Å². The van der Waals surface area contributed by atoms with Crippen LogP contribution in [0.3, 0.4) is 0 Å². The van der Waals surface area contributed by atoms with E-state index in [4.69, 9.17) is 5.73 Å². The topological polar surface area (TPSA) is 38.0 Å². The van der Waals surface area contributed by atoms with E-state index in [1.807, 2.05) is 31.4 Å². The van der Waals surface area contributed by atoms with E-state index in [1.165, 1.54) is 49.5 Å². The van der Waals surface area contributed by atoms with Gasteiger partial charge in [-0.3, -0.25) is 0 Å². The van der Waals surface area contributed by atoms with Crippen LogP contribution in [0.2, 0.25) is 0 Å². The van der Waals surface area contributed by atoms with Crippen molar-refractivity contribution in [3.8, 4) is 0 Å². The third-order valence-corrected chi connectivity index (χ3v) is 6.62. The van der Waals surface area contributed by atoms with Crippen molar-refractivity contribution >= 4 is 32.8 Å². The normalized spacial score (nSPS) is 17.8. The Kier molecular flexibility index (Phi) is 4.32. The van der Waals surface area contributed by atoms with Crippen LogP contribution in [0, 0.1) is 0 Å². The molecule has 2 aliphatic rings. The van der Waals surface area contributed by atoms with Crippen molar-refractivity contribution in [2.45, 2.75) is 39.0 Å². The fourth-order valence-electron chi connectivity index (χ4n) is 5.07. The van der Waals surface area contributed by atoms with Gasteiger partial charge < -0.3 is 11.1 Å². The number of benzene rings is 3. The molecule has 2 heteroatoms. The third-order valence-electron chi connectivity index (χ3n) is 6.62. The number of nitrogens with two attached hydrogens (primary N) is 1. The minimum atomic E-state index is -0.0189. The highest BCUT2D eigenvalue weighted by atomic mass is 14.8. The van der Waals surface area contributed by atoms with Gasteiger partial charge >= 0.3 is 0 Å². The van der Waals surface area contributed by atoms with Crippen molar-refractivity contribution in [1.29, 1.82) is 0 Å². The lowest BCUT2D eigenvalue weighted by molar-refractivity contribution is 0.650. The van der Waals surface area contributed by atoms with Gasteiger partial charge in [-0.15, -0.1) is 0 Å². The number of allylic oxidation sites excluding steroid dienone is 7. The number of anilines is 1. The summed E-state index contributed by atoms with van der Waals surface area (Å²) in [6.07, 6.45) is 12.3. The molecule has 3 aromatic carbocycles. The molecular weight excluding hydrogens is 364 g/mol. The number of nitrogens with one attached hydrogen (secondary N) is 1. The second-order valence-electron chi connectivity index (χ2n) is 8.86. The third kappa shape index (κ3) is 2.79. The molecule has 0 bridgehead atoms. The number of hydrogen-bond donors (Lipinski definition) is 2. The van der Waals surface area contributed by atoms with Crippen molar-refractivity contribution in [1.82, 2.24) is 0 Å². The maximum absolute atomic E-state index is 6.22. The second-order valence-corrected chi connectivity index (χ2v) is 8.86. The Balaban J connectivity index is 1.79. The van der Waals surface area contributed by atoms with Crippen molar-refractivity contribution < 1.29 is 0 Å². The zero-order valence-electron chi connectivity index (χ0n) is 17.9. The van der Waals surface area contributed by atoms with Crippen molar-refractivity contribution in [2.75, 3.05) is 5.32 Å². The van der Waals surface area contributed by atoms with Crippen molar-refractivity contribution in [3.63, 3.8) is 0 Å². The minimum absolute atomic E-state index is 0.0189. The van der Waals surface area contributed by atoms with Crippen LogP contribution in [0.1, 0.15) is 44.7 Å². The second kappa shape index (κ2) is 6.91. The van der Waals surface area contributed by atoms with E-state index in [0.29, 0.717) is 0 Å². The molecule has 0 fully saturated rings. The standard InChI is InChI=1S/C28H28N2/c1-4-5-8-13-30-27-21-10-7-6-9-18(21)14-19-15-25-24(17-23(19)27)22-12-11-20(29)16-26(22)28(25,2)3/h4-10,13-17,30H,11-12,29H2,1-3H3/b5-4-,13-8+. The molecule has 0 saturated carbocycles. The largest absolute Gasteiger partial charge is 0.402 e. The summed E-state index contributed by atoms with van der Waals surface area (Å²) in [5.74, 6) is 0. The minimum Gasteiger partial charge on any atom is -0.402 e. The van der Waals surface area contributed by atoms with E-state index < -0.39 is 0 Å². The lowest BCUT2D eigenvalue weighted by Crippen LogP contribution is -2.18. The Hall–Kier alpha value is -3.26. The van der Waals surface area contributed by atoms with Gasteiger partial charge in [-0.1, -0.05) is 50.3 Å². The van der Waals surface area contributed by atoms with E-state index in [-0.39, 0.29) is 5.41 Å². The highest BCUT2D eigenvalue weighted by Gasteiger charge is 2.38. The number of fused-ring (bicyclic) bond motifs is 4. The van der Waals surface area contributed by atoms with Crippen LogP contribution < -0.4 is 11.1 Å². The molecule has 2 aliphatic carbocycles. The van der Waals surface area contributed by atoms with Crippen LogP contribution in [0.5, 0.6) is 0 Å². The molecule has 0 spiro atoms. The number of hydrogen-bond acceptors (Lipinski definition) is 2. The maximum Gasteiger partial charge on any atom is 0.0539 e. The molecule has 0 atom stereocenters. The maximum atomic E-state index is 6.22. The molecule has 3 N–H and O–H groups in total. The summed E-state index contributed by atoms with van der Waals surface area (Å²) in [7, 11) is 0. The van der Waals surface area contributed by atoms with Crippen LogP contribution in [0.15, 0.2) is 84.2 Å². The summed E-state index contributed by atoms with van der Waals surface area (Å²) in [6, 6.07) is 15.7. The average Bonchev–Trinajstić information content (AvgIpc) is 2.95. The Bertz CT molecular complexity index is 1300. The van der Waals surface area contributed by atoms with E-state index in [0.717, 1.165) is 18.5 Å². The first-order valence-corrected chi connectivity index (χ1v) is 10.7. The zero-order chi connectivity index (χ0) is 20.9. The van der Waals surface area contributed by atoms with Crippen LogP contribution in [-0.4, -0.2) is 0 Å². The smallest absolute Gasteiger partial charge is 0.0539 e. The van der Waals surface area contributed by atoms with Gasteiger partial charge in [-0.05, 0) is 83.2 Å². The highest BCUT2D eigenvalue weighted by Crippen LogP contribution is 2.52. The lowest BCUT2D eigenvalue weighted by Gasteiger charge is -2.25. The molecule has 0 heterocycles. The van der Waals surface area contributed by atoms with Crippen LogP contribution >= 0.6 is 0 Å². The van der Waals surface area contributed by atoms with E-state index in [9.17, 15) is 0 Å². The average molecular weight is 393 g/mol. The summed E-state index contributed by atoms with van der Waals surface area (Å²) in [5, 5.41) is 8.62. The predicted octanol–water partition coefficient (Wildman–Crippen LogP) is 7.18. The first kappa shape index (κ1) is 18.7. The van der Waals surface area contributed by atoms with Gasteiger partial charge in [0.05, 0.1) is 5.69 Å². The predicted molar refractivity (Wildman–Crippen MR) is 130 cm³/mol. The Morgan fingerprint density at radius 2 is 1.80 bits per heavy atom. The molecule has 0 unspecified atom stereocenters. The molecule has 0 aliphatic heterocycles. The number of rotatable bonds is 3. The molecule has 0 aromatic heterocycles. The molecule has 2 nitrogen and oxygen atoms in total. The molecule has 0 saturated heterocycles. The monoisotopic (exact) mass is 392 g/mol. The zero-order valence-corrected chi connectivity index (χ0v) is 17.9. The molecule has 0 radical (unpaired) electrons. The first-order chi connectivity index (χ1) is 14.5. The van der Waals surface area contributed by atoms with Crippen molar-refractivity contribution in [2.24, 2.45) is 5.73 Å². The first-order valence-electron chi connectivity index (χ1n) is 10.7. The van der Waals surface area contributed by atoms with Crippen LogP contribution in [-0.2, 0) is 5.41 Å². The molecule has 0 amide bonds. The summed E-state index contributed by atoms with van der Waals surface area (Å²) in [4.78, 5) is 0. The van der Waals surface area contributed by atoms with E-state index in [1.54, 1.807) is 0 Å². The lowest BCUT2D eigenvalue weighted by atomic mass is 9.79. The molecule has 30 heavy (non-hydrogen) atoms. The van der Waals surface area contributed by atoms with Gasteiger partial charge in [0.15, 0.2) is 0 Å². The van der Waals surface area contributed by atoms with Gasteiger partial charge in [0.25, 0.3) is 0 Å². The van der Waals surface area contributed by atoms with Crippen LogP contribution in [0.4, 0.5) is 5.69 Å². The Labute approximate surface area is 178 Å². The molecule has 150 valence electrons. The summed E-state index contributed by atoms with van der Waals surface area (Å²) in [6.45, 7) is 6.68. The van der Waals surface area contributed by atoms with Gasteiger partial charge in [-0.25, -0.2) is 0 Å². The Morgan fingerprint density at radius 3 is 2.63 bits per heavy atom. The van der Waals surface area contributed by atoms with Crippen molar-refractivity contribution in [3.05, 3.63) is 95.4 Å². The van der Waals surface area contributed by atoms with Gasteiger partial charge in [0.2, 0.25) is 0 Å². The fourth-order valence-corrected chi connectivity index (χ4v) is 5.07. The fraction of sp³-hybridized carbons (Fsp3) is 0.214. The van der Waals surface area contributed by atoms with E-state index >= 15 is 0 Å². The summed E-state index contributed by atoms with van der Waals surface area (Å²) >= 11 is 0. The highest BCUT2D eigenvalue weighted by molar-refractivity contribution is 6.12.